The SMILES string of the molecule is C=C(N1CCCCC1)n1cnc(SC(C)CC(C)C)n1. The molecule has 1 aliphatic rings. The maximum Gasteiger partial charge on any atom is 0.209 e. The quantitative estimate of drug-likeness (QED) is 0.749. The maximum absolute atomic E-state index is 4.56. The molecule has 1 aromatic heterocycles. The lowest BCUT2D eigenvalue weighted by molar-refractivity contribution is 0.310. The van der Waals surface area contributed by atoms with Crippen molar-refractivity contribution < 1.29 is 0 Å². The van der Waals surface area contributed by atoms with Gasteiger partial charge in [0.2, 0.25) is 5.16 Å². The number of aromatic nitrogens is 3. The average molecular weight is 294 g/mol. The van der Waals surface area contributed by atoms with Crippen molar-refractivity contribution in [1.29, 1.82) is 0 Å². The van der Waals surface area contributed by atoms with Crippen LogP contribution in [0.25, 0.3) is 5.82 Å². The van der Waals surface area contributed by atoms with Gasteiger partial charge in [-0.2, -0.15) is 0 Å². The number of rotatable bonds is 6. The molecule has 0 aromatic carbocycles. The van der Waals surface area contributed by atoms with Gasteiger partial charge in [-0.1, -0.05) is 39.1 Å². The fourth-order valence-corrected chi connectivity index (χ4v) is 3.70. The second-order valence-corrected chi connectivity index (χ2v) is 7.40. The molecule has 1 aliphatic heterocycles. The smallest absolute Gasteiger partial charge is 0.209 e. The summed E-state index contributed by atoms with van der Waals surface area (Å²) in [5.41, 5.74) is 0. The predicted molar refractivity (Wildman–Crippen MR) is 85.6 cm³/mol. The van der Waals surface area contributed by atoms with Gasteiger partial charge in [0.15, 0.2) is 0 Å². The van der Waals surface area contributed by atoms with Crippen LogP contribution >= 0.6 is 11.8 Å². The number of hydrogen-bond donors (Lipinski definition) is 0. The van der Waals surface area contributed by atoms with Crippen LogP contribution in [-0.4, -0.2) is 38.0 Å². The summed E-state index contributed by atoms with van der Waals surface area (Å²) in [5.74, 6) is 1.67. The molecule has 4 nitrogen and oxygen atoms in total. The van der Waals surface area contributed by atoms with E-state index < -0.39 is 0 Å². The lowest BCUT2D eigenvalue weighted by Gasteiger charge is -2.29. The minimum Gasteiger partial charge on any atom is -0.357 e. The lowest BCUT2D eigenvalue weighted by Crippen LogP contribution is -2.30. The van der Waals surface area contributed by atoms with Crippen LogP contribution in [-0.2, 0) is 0 Å². The Kier molecular flexibility index (Phi) is 5.52. The van der Waals surface area contributed by atoms with Crippen molar-refractivity contribution in [3.8, 4) is 0 Å². The molecule has 1 saturated heterocycles. The van der Waals surface area contributed by atoms with Crippen LogP contribution in [0, 0.1) is 5.92 Å². The normalized spacial score (nSPS) is 17.5. The fraction of sp³-hybridized carbons (Fsp3) is 0.733. The summed E-state index contributed by atoms with van der Waals surface area (Å²) in [5, 5.41) is 5.97. The Morgan fingerprint density at radius 1 is 1.30 bits per heavy atom. The molecular formula is C15H26N4S. The summed E-state index contributed by atoms with van der Waals surface area (Å²) in [6.07, 6.45) is 6.81. The van der Waals surface area contributed by atoms with Crippen LogP contribution < -0.4 is 0 Å². The molecule has 1 aromatic rings. The average Bonchev–Trinajstić information content (AvgIpc) is 2.86. The molecule has 0 spiro atoms. The van der Waals surface area contributed by atoms with E-state index in [9.17, 15) is 0 Å². The van der Waals surface area contributed by atoms with Gasteiger partial charge in [-0.25, -0.2) is 9.67 Å². The highest BCUT2D eigenvalue weighted by molar-refractivity contribution is 7.99. The first-order valence-corrected chi connectivity index (χ1v) is 8.46. The summed E-state index contributed by atoms with van der Waals surface area (Å²) < 4.78 is 1.83. The topological polar surface area (TPSA) is 34.0 Å². The monoisotopic (exact) mass is 294 g/mol. The summed E-state index contributed by atoms with van der Waals surface area (Å²) in [6.45, 7) is 13.1. The van der Waals surface area contributed by atoms with E-state index in [2.05, 4.69) is 42.3 Å². The molecule has 112 valence electrons. The minimum atomic E-state index is 0.550. The molecule has 1 atom stereocenters. The highest BCUT2D eigenvalue weighted by Crippen LogP contribution is 2.25. The summed E-state index contributed by atoms with van der Waals surface area (Å²) in [7, 11) is 0. The van der Waals surface area contributed by atoms with E-state index in [1.54, 1.807) is 18.1 Å². The first kappa shape index (κ1) is 15.4. The van der Waals surface area contributed by atoms with Gasteiger partial charge in [-0.15, -0.1) is 5.10 Å². The van der Waals surface area contributed by atoms with E-state index in [0.29, 0.717) is 11.2 Å². The molecule has 1 unspecified atom stereocenters. The van der Waals surface area contributed by atoms with E-state index >= 15 is 0 Å². The zero-order valence-corrected chi connectivity index (χ0v) is 13.7. The first-order valence-electron chi connectivity index (χ1n) is 7.59. The van der Waals surface area contributed by atoms with E-state index in [1.807, 2.05) is 4.68 Å². The van der Waals surface area contributed by atoms with Crippen molar-refractivity contribution in [1.82, 2.24) is 19.7 Å². The highest BCUT2D eigenvalue weighted by Gasteiger charge is 2.15. The summed E-state index contributed by atoms with van der Waals surface area (Å²) in [4.78, 5) is 6.72. The van der Waals surface area contributed by atoms with E-state index in [0.717, 1.165) is 24.1 Å². The molecule has 2 rings (SSSR count). The van der Waals surface area contributed by atoms with E-state index in [4.69, 9.17) is 0 Å². The van der Waals surface area contributed by atoms with Crippen molar-refractivity contribution >= 4 is 17.6 Å². The second kappa shape index (κ2) is 7.16. The molecule has 5 heteroatoms. The third-order valence-electron chi connectivity index (χ3n) is 3.57. The second-order valence-electron chi connectivity index (χ2n) is 5.99. The predicted octanol–water partition coefficient (Wildman–Crippen LogP) is 3.72. The molecule has 0 aliphatic carbocycles. The number of nitrogens with zero attached hydrogens (tertiary/aromatic N) is 4. The zero-order chi connectivity index (χ0) is 14.5. The lowest BCUT2D eigenvalue weighted by atomic mass is 10.1. The third kappa shape index (κ3) is 4.27. The Hall–Kier alpha value is -0.970. The van der Waals surface area contributed by atoms with Gasteiger partial charge >= 0.3 is 0 Å². The third-order valence-corrected chi connectivity index (χ3v) is 4.56. The number of piperidine rings is 1. The van der Waals surface area contributed by atoms with Crippen molar-refractivity contribution in [2.24, 2.45) is 5.92 Å². The zero-order valence-electron chi connectivity index (χ0n) is 12.9. The van der Waals surface area contributed by atoms with Crippen LogP contribution in [0.3, 0.4) is 0 Å². The Bertz CT molecular complexity index is 435. The van der Waals surface area contributed by atoms with Crippen molar-refractivity contribution in [2.75, 3.05) is 13.1 Å². The van der Waals surface area contributed by atoms with Crippen LogP contribution in [0.4, 0.5) is 0 Å². The van der Waals surface area contributed by atoms with E-state index in [1.165, 1.54) is 25.7 Å². The molecule has 1 fully saturated rings. The Labute approximate surface area is 126 Å². The van der Waals surface area contributed by atoms with Gasteiger partial charge in [0.25, 0.3) is 0 Å². The van der Waals surface area contributed by atoms with Gasteiger partial charge in [-0.3, -0.25) is 0 Å². The van der Waals surface area contributed by atoms with Gasteiger partial charge < -0.3 is 4.90 Å². The Morgan fingerprint density at radius 3 is 2.65 bits per heavy atom. The van der Waals surface area contributed by atoms with Crippen molar-refractivity contribution in [3.05, 3.63) is 12.9 Å². The van der Waals surface area contributed by atoms with Crippen LogP contribution in [0.2, 0.25) is 0 Å². The Balaban J connectivity index is 1.92. The fourth-order valence-electron chi connectivity index (χ4n) is 2.62. The highest BCUT2D eigenvalue weighted by atomic mass is 32.2. The molecule has 0 N–H and O–H groups in total. The van der Waals surface area contributed by atoms with Crippen LogP contribution in [0.5, 0.6) is 0 Å². The largest absolute Gasteiger partial charge is 0.357 e. The van der Waals surface area contributed by atoms with Crippen LogP contribution in [0.15, 0.2) is 18.1 Å². The summed E-state index contributed by atoms with van der Waals surface area (Å²) in [6, 6.07) is 0. The summed E-state index contributed by atoms with van der Waals surface area (Å²) >= 11 is 1.75. The van der Waals surface area contributed by atoms with Gasteiger partial charge in [0, 0.05) is 18.3 Å². The van der Waals surface area contributed by atoms with Gasteiger partial charge in [0.05, 0.1) is 0 Å². The number of thioether (sulfide) groups is 1. The molecule has 0 saturated carbocycles. The molecule has 0 radical (unpaired) electrons. The molecule has 0 amide bonds. The van der Waals surface area contributed by atoms with Gasteiger partial charge in [0.1, 0.15) is 12.1 Å². The molecular weight excluding hydrogens is 268 g/mol. The first-order chi connectivity index (χ1) is 9.56. The van der Waals surface area contributed by atoms with Crippen molar-refractivity contribution in [3.63, 3.8) is 0 Å². The van der Waals surface area contributed by atoms with E-state index in [-0.39, 0.29) is 0 Å². The van der Waals surface area contributed by atoms with Crippen LogP contribution in [0.1, 0.15) is 46.5 Å². The minimum absolute atomic E-state index is 0.550. The Morgan fingerprint density at radius 2 is 2.00 bits per heavy atom. The molecule has 20 heavy (non-hydrogen) atoms. The molecule has 2 heterocycles. The van der Waals surface area contributed by atoms with Crippen molar-refractivity contribution in [2.45, 2.75) is 56.9 Å². The standard InChI is InChI=1S/C15H26N4S/c1-12(2)10-13(3)20-15-16-11-19(17-15)14(4)18-8-6-5-7-9-18/h11-13H,4-10H2,1-3H3. The maximum atomic E-state index is 4.56. The van der Waals surface area contributed by atoms with Gasteiger partial charge in [-0.05, 0) is 31.6 Å². The molecule has 0 bridgehead atoms. The number of hydrogen-bond acceptors (Lipinski definition) is 4. The number of likely N-dealkylation sites (tertiary alicyclic amines) is 1.